The van der Waals surface area contributed by atoms with E-state index in [0.29, 0.717) is 0 Å². The highest BCUT2D eigenvalue weighted by molar-refractivity contribution is 6.23. The summed E-state index contributed by atoms with van der Waals surface area (Å²) in [5.41, 5.74) is 13.5. The Morgan fingerprint density at radius 3 is 1.86 bits per heavy atom. The predicted molar refractivity (Wildman–Crippen MR) is 240 cm³/mol. The molecule has 1 aliphatic rings. The molecular weight excluding hydrogens is 675 g/mol. The van der Waals surface area contributed by atoms with Crippen LogP contribution in [0.25, 0.3) is 76.5 Å². The van der Waals surface area contributed by atoms with Crippen molar-refractivity contribution < 1.29 is 0 Å². The average Bonchev–Trinajstić information content (AvgIpc) is 3.49. The SMILES string of the molecule is CC1(C)c2ccccc2-c2c(N(c3ccc(-c4cc5ccccc5c5ccc6ccccc6c45)cc3)c3cccc(-c4ccc5ccccc5c4)c3)cccc21. The Kier molecular flexibility index (Phi) is 7.28. The van der Waals surface area contributed by atoms with Crippen LogP contribution in [0.1, 0.15) is 25.0 Å². The number of nitrogens with zero attached hydrogens (tertiary/aromatic N) is 1. The molecule has 0 N–H and O–H groups in total. The van der Waals surface area contributed by atoms with Crippen molar-refractivity contribution in [3.05, 3.63) is 211 Å². The van der Waals surface area contributed by atoms with Gasteiger partial charge in [0.25, 0.3) is 0 Å². The zero-order chi connectivity index (χ0) is 37.4. The fraction of sp³-hybridized carbons (Fsp3) is 0.0545. The molecule has 0 heterocycles. The zero-order valence-electron chi connectivity index (χ0n) is 31.5. The first-order chi connectivity index (χ1) is 27.5. The van der Waals surface area contributed by atoms with Crippen molar-refractivity contribution in [3.8, 4) is 33.4 Å². The third-order valence-corrected chi connectivity index (χ3v) is 12.2. The van der Waals surface area contributed by atoms with Gasteiger partial charge in [-0.15, -0.1) is 0 Å². The molecule has 10 aromatic rings. The van der Waals surface area contributed by atoms with Gasteiger partial charge in [-0.1, -0.05) is 172 Å². The summed E-state index contributed by atoms with van der Waals surface area (Å²) in [6, 6.07) is 74.0. The van der Waals surface area contributed by atoms with Gasteiger partial charge >= 0.3 is 0 Å². The van der Waals surface area contributed by atoms with Gasteiger partial charge in [0.1, 0.15) is 0 Å². The molecule has 11 rings (SSSR count). The highest BCUT2D eigenvalue weighted by Gasteiger charge is 2.37. The molecule has 0 saturated heterocycles. The minimum Gasteiger partial charge on any atom is -0.310 e. The minimum atomic E-state index is -0.107. The molecule has 0 unspecified atom stereocenters. The van der Waals surface area contributed by atoms with Crippen LogP contribution in [-0.2, 0) is 5.41 Å². The second kappa shape index (κ2) is 12.5. The average molecular weight is 714 g/mol. The second-order valence-electron chi connectivity index (χ2n) is 15.7. The smallest absolute Gasteiger partial charge is 0.0543 e. The van der Waals surface area contributed by atoms with Crippen molar-refractivity contribution in [2.24, 2.45) is 0 Å². The van der Waals surface area contributed by atoms with E-state index < -0.39 is 0 Å². The highest BCUT2D eigenvalue weighted by Crippen LogP contribution is 2.54. The van der Waals surface area contributed by atoms with Gasteiger partial charge in [0.05, 0.1) is 5.69 Å². The summed E-state index contributed by atoms with van der Waals surface area (Å²) in [5.74, 6) is 0. The molecule has 264 valence electrons. The highest BCUT2D eigenvalue weighted by atomic mass is 15.1. The Morgan fingerprint density at radius 1 is 0.357 bits per heavy atom. The third kappa shape index (κ3) is 5.01. The molecular formula is C55H39N. The molecule has 0 amide bonds. The third-order valence-electron chi connectivity index (χ3n) is 12.2. The fourth-order valence-corrected chi connectivity index (χ4v) is 9.44. The lowest BCUT2D eigenvalue weighted by molar-refractivity contribution is 0.660. The molecule has 1 heteroatoms. The summed E-state index contributed by atoms with van der Waals surface area (Å²) >= 11 is 0. The topological polar surface area (TPSA) is 3.24 Å². The van der Waals surface area contributed by atoms with Gasteiger partial charge in [-0.25, -0.2) is 0 Å². The molecule has 1 nitrogen and oxygen atoms in total. The van der Waals surface area contributed by atoms with E-state index in [1.165, 1.54) is 93.3 Å². The van der Waals surface area contributed by atoms with E-state index >= 15 is 0 Å². The van der Waals surface area contributed by atoms with Gasteiger partial charge < -0.3 is 4.90 Å². The zero-order valence-corrected chi connectivity index (χ0v) is 31.5. The Hall–Kier alpha value is -6.96. The van der Waals surface area contributed by atoms with Crippen LogP contribution in [0.2, 0.25) is 0 Å². The summed E-state index contributed by atoms with van der Waals surface area (Å²) in [6.07, 6.45) is 0. The summed E-state index contributed by atoms with van der Waals surface area (Å²) < 4.78 is 0. The van der Waals surface area contributed by atoms with E-state index in [9.17, 15) is 0 Å². The number of rotatable bonds is 5. The molecule has 0 fully saturated rings. The largest absolute Gasteiger partial charge is 0.310 e. The van der Waals surface area contributed by atoms with Crippen LogP contribution >= 0.6 is 0 Å². The molecule has 1 aliphatic carbocycles. The van der Waals surface area contributed by atoms with Crippen LogP contribution in [0.4, 0.5) is 17.1 Å². The number of hydrogen-bond donors (Lipinski definition) is 0. The lowest BCUT2D eigenvalue weighted by atomic mass is 9.82. The second-order valence-corrected chi connectivity index (χ2v) is 15.7. The van der Waals surface area contributed by atoms with Crippen molar-refractivity contribution >= 4 is 60.2 Å². The standard InChI is InChI=1S/C55H39N/c1-55(2)50-22-10-9-21-48(50)54-51(55)23-12-24-52(54)56(44-18-11-17-40(34-44)41-26-25-36-13-3-4-15-39(36)33-41)43-30-27-38(28-31-43)49-35-42-16-6-7-19-45(42)47-32-29-37-14-5-8-20-46(37)53(47)49/h3-35H,1-2H3. The summed E-state index contributed by atoms with van der Waals surface area (Å²) in [6.45, 7) is 4.72. The van der Waals surface area contributed by atoms with Crippen LogP contribution in [0.3, 0.4) is 0 Å². The maximum atomic E-state index is 2.47. The molecule has 0 bridgehead atoms. The number of fused-ring (bicyclic) bond motifs is 9. The van der Waals surface area contributed by atoms with Crippen molar-refractivity contribution in [2.75, 3.05) is 4.90 Å². The number of anilines is 3. The van der Waals surface area contributed by atoms with Crippen molar-refractivity contribution in [1.82, 2.24) is 0 Å². The van der Waals surface area contributed by atoms with Gasteiger partial charge in [-0.2, -0.15) is 0 Å². The summed E-state index contributed by atoms with van der Waals surface area (Å²) in [7, 11) is 0. The van der Waals surface area contributed by atoms with Crippen molar-refractivity contribution in [3.63, 3.8) is 0 Å². The van der Waals surface area contributed by atoms with Crippen LogP contribution in [0, 0.1) is 0 Å². The van der Waals surface area contributed by atoms with Crippen molar-refractivity contribution in [1.29, 1.82) is 0 Å². The van der Waals surface area contributed by atoms with Crippen LogP contribution in [0.5, 0.6) is 0 Å². The first kappa shape index (κ1) is 32.5. The molecule has 0 saturated carbocycles. The normalized spacial score (nSPS) is 13.0. The lowest BCUT2D eigenvalue weighted by Gasteiger charge is -2.29. The Morgan fingerprint density at radius 2 is 1.00 bits per heavy atom. The van der Waals surface area contributed by atoms with Gasteiger partial charge in [-0.05, 0) is 124 Å². The van der Waals surface area contributed by atoms with E-state index in [0.717, 1.165) is 11.4 Å². The minimum absolute atomic E-state index is 0.107. The number of benzene rings is 10. The lowest BCUT2D eigenvalue weighted by Crippen LogP contribution is -2.16. The number of hydrogen-bond acceptors (Lipinski definition) is 1. The molecule has 0 spiro atoms. The van der Waals surface area contributed by atoms with Gasteiger partial charge in [0.15, 0.2) is 0 Å². The molecule has 56 heavy (non-hydrogen) atoms. The Labute approximate surface area is 327 Å². The first-order valence-electron chi connectivity index (χ1n) is 19.6. The molecule has 0 atom stereocenters. The Balaban J connectivity index is 1.12. The van der Waals surface area contributed by atoms with E-state index in [2.05, 4.69) is 219 Å². The van der Waals surface area contributed by atoms with Gasteiger partial charge in [0, 0.05) is 22.4 Å². The van der Waals surface area contributed by atoms with Gasteiger partial charge in [0.2, 0.25) is 0 Å². The first-order valence-corrected chi connectivity index (χ1v) is 19.6. The Bertz CT molecular complexity index is 3170. The van der Waals surface area contributed by atoms with E-state index in [1.54, 1.807) is 0 Å². The fourth-order valence-electron chi connectivity index (χ4n) is 9.44. The summed E-state index contributed by atoms with van der Waals surface area (Å²) in [4.78, 5) is 2.47. The van der Waals surface area contributed by atoms with Crippen molar-refractivity contribution in [2.45, 2.75) is 19.3 Å². The van der Waals surface area contributed by atoms with Crippen LogP contribution in [-0.4, -0.2) is 0 Å². The summed E-state index contributed by atoms with van der Waals surface area (Å²) in [5, 5.41) is 10.2. The van der Waals surface area contributed by atoms with E-state index in [4.69, 9.17) is 0 Å². The quantitative estimate of drug-likeness (QED) is 0.161. The monoisotopic (exact) mass is 713 g/mol. The van der Waals surface area contributed by atoms with Gasteiger partial charge in [-0.3, -0.25) is 0 Å². The van der Waals surface area contributed by atoms with E-state index in [1.807, 2.05) is 0 Å². The van der Waals surface area contributed by atoms with Crippen LogP contribution in [0.15, 0.2) is 200 Å². The van der Waals surface area contributed by atoms with E-state index in [-0.39, 0.29) is 5.41 Å². The molecule has 0 aliphatic heterocycles. The molecule has 10 aromatic carbocycles. The molecule has 0 radical (unpaired) electrons. The maximum absolute atomic E-state index is 2.47. The maximum Gasteiger partial charge on any atom is 0.0543 e. The predicted octanol–water partition coefficient (Wildman–Crippen LogP) is 15.4. The molecule has 0 aromatic heterocycles. The van der Waals surface area contributed by atoms with Crippen LogP contribution < -0.4 is 4.90 Å².